The van der Waals surface area contributed by atoms with E-state index < -0.39 is 11.3 Å². The second-order valence-electron chi connectivity index (χ2n) is 6.13. The van der Waals surface area contributed by atoms with Gasteiger partial charge in [-0.15, -0.1) is 0 Å². The van der Waals surface area contributed by atoms with Gasteiger partial charge in [-0.05, 0) is 37.0 Å². The molecule has 3 rings (SSSR count). The second-order valence-corrected chi connectivity index (χ2v) is 6.91. The van der Waals surface area contributed by atoms with E-state index in [1.54, 1.807) is 12.1 Å². The molecule has 25 heavy (non-hydrogen) atoms. The number of ether oxygens (including phenoxy) is 1. The first kappa shape index (κ1) is 17.8. The lowest BCUT2D eigenvalue weighted by atomic mass is 9.96. The highest BCUT2D eigenvalue weighted by molar-refractivity contribution is 6.40. The van der Waals surface area contributed by atoms with Crippen LogP contribution in [-0.4, -0.2) is 18.5 Å². The minimum atomic E-state index is -0.611. The van der Waals surface area contributed by atoms with Crippen molar-refractivity contribution >= 4 is 40.8 Å². The summed E-state index contributed by atoms with van der Waals surface area (Å²) in [6, 6.07) is 12.9. The highest BCUT2D eigenvalue weighted by Crippen LogP contribution is 2.49. The molecule has 2 aromatic rings. The summed E-state index contributed by atoms with van der Waals surface area (Å²) in [5, 5.41) is 3.31. The Kier molecular flexibility index (Phi) is 5.02. The van der Waals surface area contributed by atoms with Crippen LogP contribution in [0.4, 0.5) is 5.69 Å². The van der Waals surface area contributed by atoms with Gasteiger partial charge in [0.2, 0.25) is 0 Å². The maximum absolute atomic E-state index is 12.4. The van der Waals surface area contributed by atoms with Crippen LogP contribution in [-0.2, 0) is 19.7 Å². The van der Waals surface area contributed by atoms with E-state index in [-0.39, 0.29) is 12.6 Å². The monoisotopic (exact) mass is 377 g/mol. The zero-order valence-corrected chi connectivity index (χ0v) is 15.2. The van der Waals surface area contributed by atoms with Crippen LogP contribution < -0.4 is 5.32 Å². The third kappa shape index (κ3) is 3.65. The summed E-state index contributed by atoms with van der Waals surface area (Å²) in [4.78, 5) is 24.5. The lowest BCUT2D eigenvalue weighted by Gasteiger charge is -2.15. The van der Waals surface area contributed by atoms with Crippen LogP contribution in [0.2, 0.25) is 10.0 Å². The molecule has 0 spiro atoms. The quantitative estimate of drug-likeness (QED) is 0.779. The van der Waals surface area contributed by atoms with Gasteiger partial charge >= 0.3 is 5.97 Å². The Morgan fingerprint density at radius 2 is 1.80 bits per heavy atom. The summed E-state index contributed by atoms with van der Waals surface area (Å²) in [6.07, 6.45) is 1.46. The van der Waals surface area contributed by atoms with Crippen LogP contribution in [0.5, 0.6) is 0 Å². The van der Waals surface area contributed by atoms with Crippen molar-refractivity contribution in [3.05, 3.63) is 63.6 Å². The number of esters is 1. The Morgan fingerprint density at radius 3 is 2.44 bits per heavy atom. The smallest absolute Gasteiger partial charge is 0.317 e. The molecule has 1 aliphatic rings. The van der Waals surface area contributed by atoms with Crippen molar-refractivity contribution in [2.75, 3.05) is 11.9 Å². The van der Waals surface area contributed by atoms with Crippen molar-refractivity contribution < 1.29 is 14.3 Å². The summed E-state index contributed by atoms with van der Waals surface area (Å²) in [6.45, 7) is 1.43. The van der Waals surface area contributed by atoms with E-state index in [4.69, 9.17) is 27.9 Å². The predicted octanol–water partition coefficient (Wildman–Crippen LogP) is 4.52. The van der Waals surface area contributed by atoms with Gasteiger partial charge in [0.1, 0.15) is 0 Å². The largest absolute Gasteiger partial charge is 0.455 e. The van der Waals surface area contributed by atoms with E-state index in [9.17, 15) is 9.59 Å². The Balaban J connectivity index is 1.62. The predicted molar refractivity (Wildman–Crippen MR) is 98.1 cm³/mol. The van der Waals surface area contributed by atoms with E-state index in [0.29, 0.717) is 15.7 Å². The number of halogens is 2. The van der Waals surface area contributed by atoms with Crippen molar-refractivity contribution in [2.24, 2.45) is 0 Å². The zero-order valence-electron chi connectivity index (χ0n) is 13.6. The molecule has 1 fully saturated rings. The van der Waals surface area contributed by atoms with Gasteiger partial charge in [-0.25, -0.2) is 0 Å². The van der Waals surface area contributed by atoms with E-state index in [1.807, 2.05) is 37.3 Å². The van der Waals surface area contributed by atoms with Crippen molar-refractivity contribution in [2.45, 2.75) is 25.2 Å². The minimum Gasteiger partial charge on any atom is -0.455 e. The highest BCUT2D eigenvalue weighted by atomic mass is 35.5. The first-order valence-electron chi connectivity index (χ1n) is 7.91. The molecule has 0 unspecified atom stereocenters. The van der Waals surface area contributed by atoms with Gasteiger partial charge in [-0.1, -0.05) is 59.6 Å². The molecule has 2 aromatic carbocycles. The summed E-state index contributed by atoms with van der Waals surface area (Å²) in [5.74, 6) is -0.859. The SMILES string of the molecule is Cc1ccc(Cl)c(NC(=O)COC(=O)C2(c3ccccc3)CC2)c1Cl. The van der Waals surface area contributed by atoms with Crippen LogP contribution in [0.15, 0.2) is 42.5 Å². The number of rotatable bonds is 5. The molecular weight excluding hydrogens is 361 g/mol. The second kappa shape index (κ2) is 7.06. The van der Waals surface area contributed by atoms with Crippen molar-refractivity contribution in [1.29, 1.82) is 0 Å². The minimum absolute atomic E-state index is 0.327. The fraction of sp³-hybridized carbons (Fsp3) is 0.263. The molecule has 1 amide bonds. The number of nitrogens with one attached hydrogen (secondary N) is 1. The first-order chi connectivity index (χ1) is 11.9. The van der Waals surface area contributed by atoms with E-state index in [2.05, 4.69) is 5.32 Å². The summed E-state index contributed by atoms with van der Waals surface area (Å²) >= 11 is 12.2. The molecule has 130 valence electrons. The highest BCUT2D eigenvalue weighted by Gasteiger charge is 2.52. The van der Waals surface area contributed by atoms with E-state index in [0.717, 1.165) is 24.0 Å². The molecule has 0 aromatic heterocycles. The zero-order chi connectivity index (χ0) is 18.0. The van der Waals surface area contributed by atoms with Gasteiger partial charge in [0.25, 0.3) is 5.91 Å². The van der Waals surface area contributed by atoms with Gasteiger partial charge in [0.15, 0.2) is 6.61 Å². The average Bonchev–Trinajstić information content (AvgIpc) is 3.43. The van der Waals surface area contributed by atoms with Crippen molar-refractivity contribution in [1.82, 2.24) is 0 Å². The van der Waals surface area contributed by atoms with Gasteiger partial charge in [-0.3, -0.25) is 9.59 Å². The Hall–Kier alpha value is -2.04. The number of carbonyl (C=O) groups is 2. The van der Waals surface area contributed by atoms with Crippen LogP contribution in [0.1, 0.15) is 24.0 Å². The van der Waals surface area contributed by atoms with Crippen LogP contribution in [0, 0.1) is 6.92 Å². The average molecular weight is 378 g/mol. The number of benzene rings is 2. The Morgan fingerprint density at radius 1 is 1.12 bits per heavy atom. The van der Waals surface area contributed by atoms with Crippen LogP contribution >= 0.6 is 23.2 Å². The molecule has 0 radical (unpaired) electrons. The lowest BCUT2D eigenvalue weighted by Crippen LogP contribution is -2.28. The number of carbonyl (C=O) groups excluding carboxylic acids is 2. The first-order valence-corrected chi connectivity index (χ1v) is 8.67. The topological polar surface area (TPSA) is 55.4 Å². The number of hydrogen-bond donors (Lipinski definition) is 1. The molecule has 4 nitrogen and oxygen atoms in total. The summed E-state index contributed by atoms with van der Waals surface area (Å²) in [7, 11) is 0. The van der Waals surface area contributed by atoms with Crippen molar-refractivity contribution in [3.63, 3.8) is 0 Å². The molecule has 0 bridgehead atoms. The lowest BCUT2D eigenvalue weighted by molar-refractivity contribution is -0.150. The fourth-order valence-electron chi connectivity index (χ4n) is 2.71. The normalized spacial score (nSPS) is 14.7. The number of aryl methyl sites for hydroxylation is 1. The molecule has 0 heterocycles. The number of hydrogen-bond acceptors (Lipinski definition) is 3. The molecule has 1 saturated carbocycles. The van der Waals surface area contributed by atoms with Crippen LogP contribution in [0.25, 0.3) is 0 Å². The van der Waals surface area contributed by atoms with Gasteiger partial charge in [-0.2, -0.15) is 0 Å². The molecule has 0 atom stereocenters. The number of amides is 1. The maximum Gasteiger partial charge on any atom is 0.317 e. The molecule has 0 aliphatic heterocycles. The van der Waals surface area contributed by atoms with Gasteiger partial charge in [0, 0.05) is 0 Å². The Labute approximate surface area is 156 Å². The summed E-state index contributed by atoms with van der Waals surface area (Å²) < 4.78 is 5.23. The van der Waals surface area contributed by atoms with Gasteiger partial charge in [0.05, 0.1) is 21.1 Å². The molecule has 6 heteroatoms. The van der Waals surface area contributed by atoms with E-state index in [1.165, 1.54) is 0 Å². The molecular formula is C19H17Cl2NO3. The molecule has 0 saturated heterocycles. The Bertz CT molecular complexity index is 817. The van der Waals surface area contributed by atoms with Gasteiger partial charge < -0.3 is 10.1 Å². The summed E-state index contributed by atoms with van der Waals surface area (Å²) in [5.41, 5.74) is 1.43. The van der Waals surface area contributed by atoms with Crippen molar-refractivity contribution in [3.8, 4) is 0 Å². The number of anilines is 1. The molecule has 1 N–H and O–H groups in total. The molecule has 1 aliphatic carbocycles. The fourth-order valence-corrected chi connectivity index (χ4v) is 3.17. The third-order valence-corrected chi connectivity index (χ3v) is 5.15. The van der Waals surface area contributed by atoms with E-state index >= 15 is 0 Å². The standard InChI is InChI=1S/C19H17Cl2NO3/c1-12-7-8-14(20)17(16(12)21)22-15(23)11-25-18(24)19(9-10-19)13-5-3-2-4-6-13/h2-8H,9-11H2,1H3,(H,22,23). The maximum atomic E-state index is 12.4. The van der Waals surface area contributed by atoms with Crippen LogP contribution in [0.3, 0.4) is 0 Å². The third-order valence-electron chi connectivity index (χ3n) is 4.35.